The third-order valence-corrected chi connectivity index (χ3v) is 3.79. The summed E-state index contributed by atoms with van der Waals surface area (Å²) in [6.45, 7) is 15.6. The first-order valence-electron chi connectivity index (χ1n) is 8.56. The van der Waals surface area contributed by atoms with Crippen molar-refractivity contribution in [2.75, 3.05) is 33.4 Å². The number of ether oxygens (including phenoxy) is 1. The molecular weight excluding hydrogens is 248 g/mol. The van der Waals surface area contributed by atoms with Gasteiger partial charge in [-0.15, -0.1) is 0 Å². The van der Waals surface area contributed by atoms with E-state index in [2.05, 4.69) is 44.8 Å². The maximum absolute atomic E-state index is 5.31. The lowest BCUT2D eigenvalue weighted by molar-refractivity contribution is 0.0876. The van der Waals surface area contributed by atoms with Crippen LogP contribution in [0.1, 0.15) is 60.3 Å². The molecule has 122 valence electrons. The van der Waals surface area contributed by atoms with E-state index in [1.54, 1.807) is 7.11 Å². The second-order valence-electron chi connectivity index (χ2n) is 6.21. The van der Waals surface area contributed by atoms with E-state index in [-0.39, 0.29) is 0 Å². The normalized spacial score (nSPS) is 15.0. The first-order chi connectivity index (χ1) is 9.60. The zero-order valence-electron chi connectivity index (χ0n) is 14.7. The molecule has 0 spiro atoms. The van der Waals surface area contributed by atoms with Crippen LogP contribution in [0.2, 0.25) is 0 Å². The Bertz CT molecular complexity index is 209. The van der Waals surface area contributed by atoms with Gasteiger partial charge in [0.2, 0.25) is 0 Å². The lowest BCUT2D eigenvalue weighted by atomic mass is 9.97. The highest BCUT2D eigenvalue weighted by Gasteiger charge is 2.25. The van der Waals surface area contributed by atoms with E-state index in [9.17, 15) is 0 Å². The van der Waals surface area contributed by atoms with Crippen molar-refractivity contribution in [1.82, 2.24) is 10.2 Å². The molecule has 3 nitrogen and oxygen atoms in total. The van der Waals surface area contributed by atoms with Crippen molar-refractivity contribution in [3.05, 3.63) is 0 Å². The Labute approximate surface area is 127 Å². The largest absolute Gasteiger partial charge is 0.383 e. The fourth-order valence-electron chi connectivity index (χ4n) is 2.94. The van der Waals surface area contributed by atoms with E-state index in [1.807, 2.05) is 0 Å². The topological polar surface area (TPSA) is 24.5 Å². The van der Waals surface area contributed by atoms with Gasteiger partial charge in [0.15, 0.2) is 0 Å². The van der Waals surface area contributed by atoms with Gasteiger partial charge in [-0.2, -0.15) is 0 Å². The summed E-state index contributed by atoms with van der Waals surface area (Å²) in [6.07, 6.45) is 4.93. The Kier molecular flexibility index (Phi) is 12.5. The lowest BCUT2D eigenvalue weighted by Gasteiger charge is -2.38. The van der Waals surface area contributed by atoms with Gasteiger partial charge in [0.1, 0.15) is 0 Å². The molecule has 1 N–H and O–H groups in total. The highest BCUT2D eigenvalue weighted by molar-refractivity contribution is 4.84. The number of hydrogen-bond acceptors (Lipinski definition) is 3. The van der Waals surface area contributed by atoms with Crippen LogP contribution in [-0.2, 0) is 4.74 Å². The molecule has 0 aliphatic rings. The average molecular weight is 287 g/mol. The van der Waals surface area contributed by atoms with Gasteiger partial charge in [0.05, 0.1) is 6.61 Å². The van der Waals surface area contributed by atoms with Crippen molar-refractivity contribution in [3.63, 3.8) is 0 Å². The zero-order valence-corrected chi connectivity index (χ0v) is 14.7. The van der Waals surface area contributed by atoms with Gasteiger partial charge in [-0.25, -0.2) is 0 Å². The molecule has 3 heteroatoms. The SMILES string of the molecule is CCCNC(CCC)C(CC)N(CCOC)CC(C)C. The minimum atomic E-state index is 0.612. The Balaban J connectivity index is 4.76. The molecule has 0 saturated carbocycles. The van der Waals surface area contributed by atoms with Crippen molar-refractivity contribution >= 4 is 0 Å². The van der Waals surface area contributed by atoms with Gasteiger partial charge in [-0.3, -0.25) is 4.90 Å². The highest BCUT2D eigenvalue weighted by atomic mass is 16.5. The molecule has 0 amide bonds. The fourth-order valence-corrected chi connectivity index (χ4v) is 2.94. The molecule has 0 bridgehead atoms. The Morgan fingerprint density at radius 2 is 1.80 bits per heavy atom. The summed E-state index contributed by atoms with van der Waals surface area (Å²) in [5.41, 5.74) is 0. The number of methoxy groups -OCH3 is 1. The summed E-state index contributed by atoms with van der Waals surface area (Å²) in [5, 5.41) is 3.77. The van der Waals surface area contributed by atoms with Crippen molar-refractivity contribution in [3.8, 4) is 0 Å². The first kappa shape index (κ1) is 19.9. The Morgan fingerprint density at radius 3 is 2.25 bits per heavy atom. The molecule has 0 fully saturated rings. The maximum Gasteiger partial charge on any atom is 0.0589 e. The number of nitrogens with one attached hydrogen (secondary N) is 1. The summed E-state index contributed by atoms with van der Waals surface area (Å²) in [5.74, 6) is 0.703. The van der Waals surface area contributed by atoms with Crippen molar-refractivity contribution in [1.29, 1.82) is 0 Å². The molecule has 0 aliphatic carbocycles. The lowest BCUT2D eigenvalue weighted by Crippen LogP contribution is -2.52. The molecule has 0 saturated heterocycles. The summed E-state index contributed by atoms with van der Waals surface area (Å²) in [7, 11) is 1.80. The van der Waals surface area contributed by atoms with Crippen molar-refractivity contribution in [2.45, 2.75) is 72.4 Å². The van der Waals surface area contributed by atoms with Crippen LogP contribution in [0, 0.1) is 5.92 Å². The van der Waals surface area contributed by atoms with Crippen LogP contribution in [0.5, 0.6) is 0 Å². The van der Waals surface area contributed by atoms with Gasteiger partial charge in [0, 0.05) is 32.3 Å². The third-order valence-electron chi connectivity index (χ3n) is 3.79. The van der Waals surface area contributed by atoms with Gasteiger partial charge in [0.25, 0.3) is 0 Å². The molecule has 20 heavy (non-hydrogen) atoms. The van der Waals surface area contributed by atoms with Crippen molar-refractivity contribution < 1.29 is 4.74 Å². The van der Waals surface area contributed by atoms with Crippen LogP contribution in [0.3, 0.4) is 0 Å². The maximum atomic E-state index is 5.31. The van der Waals surface area contributed by atoms with Crippen LogP contribution >= 0.6 is 0 Å². The predicted molar refractivity (Wildman–Crippen MR) is 89.4 cm³/mol. The number of rotatable bonds is 13. The molecule has 0 aliphatic heterocycles. The standard InChI is InChI=1S/C17H38N2O/c1-7-10-16(18-11-8-2)17(9-3)19(12-13-20-6)14-15(4)5/h15-18H,7-14H2,1-6H3. The summed E-state index contributed by atoms with van der Waals surface area (Å²) < 4.78 is 5.31. The summed E-state index contributed by atoms with van der Waals surface area (Å²) >= 11 is 0. The zero-order chi connectivity index (χ0) is 15.4. The summed E-state index contributed by atoms with van der Waals surface area (Å²) in [4.78, 5) is 2.64. The van der Waals surface area contributed by atoms with Gasteiger partial charge in [-0.1, -0.05) is 41.0 Å². The quantitative estimate of drug-likeness (QED) is 0.560. The van der Waals surface area contributed by atoms with Gasteiger partial charge < -0.3 is 10.1 Å². The molecule has 2 atom stereocenters. The fraction of sp³-hybridized carbons (Fsp3) is 1.00. The molecule has 2 unspecified atom stereocenters. The molecule has 0 aromatic rings. The van der Waals surface area contributed by atoms with E-state index in [0.717, 1.165) is 26.2 Å². The Hall–Kier alpha value is -0.120. The van der Waals surface area contributed by atoms with Crippen LogP contribution in [0.15, 0.2) is 0 Å². The molecule has 0 rings (SSSR count). The van der Waals surface area contributed by atoms with E-state index >= 15 is 0 Å². The average Bonchev–Trinajstić information content (AvgIpc) is 2.42. The first-order valence-corrected chi connectivity index (χ1v) is 8.56. The third kappa shape index (κ3) is 8.23. The highest BCUT2D eigenvalue weighted by Crippen LogP contribution is 2.15. The van der Waals surface area contributed by atoms with E-state index in [1.165, 1.54) is 25.7 Å². The number of nitrogens with zero attached hydrogens (tertiary/aromatic N) is 1. The van der Waals surface area contributed by atoms with Crippen LogP contribution < -0.4 is 5.32 Å². The Morgan fingerprint density at radius 1 is 1.10 bits per heavy atom. The van der Waals surface area contributed by atoms with Crippen LogP contribution in [0.25, 0.3) is 0 Å². The minimum Gasteiger partial charge on any atom is -0.383 e. The molecule has 0 radical (unpaired) electrons. The number of hydrogen-bond donors (Lipinski definition) is 1. The van der Waals surface area contributed by atoms with Crippen molar-refractivity contribution in [2.24, 2.45) is 5.92 Å². The van der Waals surface area contributed by atoms with E-state index < -0.39 is 0 Å². The smallest absolute Gasteiger partial charge is 0.0589 e. The van der Waals surface area contributed by atoms with E-state index in [4.69, 9.17) is 4.74 Å². The predicted octanol–water partition coefficient (Wildman–Crippen LogP) is 3.54. The second kappa shape index (κ2) is 12.6. The summed E-state index contributed by atoms with van der Waals surface area (Å²) in [6, 6.07) is 1.24. The monoisotopic (exact) mass is 286 g/mol. The van der Waals surface area contributed by atoms with Crippen LogP contribution in [-0.4, -0.2) is 50.3 Å². The van der Waals surface area contributed by atoms with E-state index in [0.29, 0.717) is 18.0 Å². The van der Waals surface area contributed by atoms with Gasteiger partial charge >= 0.3 is 0 Å². The molecule has 0 heterocycles. The second-order valence-corrected chi connectivity index (χ2v) is 6.21. The van der Waals surface area contributed by atoms with Gasteiger partial charge in [-0.05, 0) is 31.7 Å². The molecular formula is C17H38N2O. The molecule has 0 aromatic heterocycles. The molecule has 0 aromatic carbocycles. The van der Waals surface area contributed by atoms with Crippen LogP contribution in [0.4, 0.5) is 0 Å². The minimum absolute atomic E-state index is 0.612.